The topological polar surface area (TPSA) is 78.9 Å². The minimum absolute atomic E-state index is 0.0131. The number of ether oxygens (including phenoxy) is 2. The van der Waals surface area contributed by atoms with Gasteiger partial charge in [-0.25, -0.2) is 0 Å². The smallest absolute Gasteiger partial charge is 0.193 e. The number of rotatable bonds is 4. The van der Waals surface area contributed by atoms with Gasteiger partial charge in [0.2, 0.25) is 0 Å². The van der Waals surface area contributed by atoms with Gasteiger partial charge < -0.3 is 18.3 Å². The summed E-state index contributed by atoms with van der Waals surface area (Å²) in [5, 5.41) is 3.14. The Kier molecular flexibility index (Phi) is 7.50. The van der Waals surface area contributed by atoms with Crippen LogP contribution in [0.25, 0.3) is 55.4 Å². The molecule has 0 amide bonds. The van der Waals surface area contributed by atoms with Crippen LogP contribution in [0.3, 0.4) is 0 Å². The standard InChI is InChI=1S/C19H12O2.C18H16O4/c20-17-12-18(14-7-2-1-3-8-14)21-19-15-9-5-4-6-13(15)10-11-16(17)19;1-11-4-6-13(17(8-11)21-3)18-10-15(19)14-9-12(20-2)5-7-16(14)22-18/h1-12H;4-10H,1-3H3. The van der Waals surface area contributed by atoms with Gasteiger partial charge >= 0.3 is 0 Å². The number of hydrogen-bond donors (Lipinski definition) is 0. The van der Waals surface area contributed by atoms with E-state index in [0.29, 0.717) is 45.0 Å². The summed E-state index contributed by atoms with van der Waals surface area (Å²) in [5.41, 5.74) is 3.78. The Labute approximate surface area is 247 Å². The maximum absolute atomic E-state index is 12.4. The Balaban J connectivity index is 0.000000153. The first-order chi connectivity index (χ1) is 20.9. The fraction of sp³-hybridized carbons (Fsp3) is 0.0811. The largest absolute Gasteiger partial charge is 0.497 e. The van der Waals surface area contributed by atoms with Gasteiger partial charge in [0.05, 0.1) is 30.6 Å². The summed E-state index contributed by atoms with van der Waals surface area (Å²) in [6.07, 6.45) is 0. The molecule has 0 aliphatic heterocycles. The second-order valence-electron chi connectivity index (χ2n) is 10.0. The fourth-order valence-electron chi connectivity index (χ4n) is 5.03. The van der Waals surface area contributed by atoms with E-state index in [9.17, 15) is 9.59 Å². The minimum Gasteiger partial charge on any atom is -0.497 e. The maximum Gasteiger partial charge on any atom is 0.193 e. The molecule has 0 saturated heterocycles. The van der Waals surface area contributed by atoms with Gasteiger partial charge in [-0.15, -0.1) is 0 Å². The molecule has 0 radical (unpaired) electrons. The Morgan fingerprint density at radius 1 is 0.581 bits per heavy atom. The van der Waals surface area contributed by atoms with Crippen LogP contribution < -0.4 is 20.3 Å². The number of fused-ring (bicyclic) bond motifs is 4. The zero-order chi connectivity index (χ0) is 29.9. The molecule has 43 heavy (non-hydrogen) atoms. The quantitative estimate of drug-likeness (QED) is 0.198. The zero-order valence-corrected chi connectivity index (χ0v) is 23.9. The molecule has 0 bridgehead atoms. The van der Waals surface area contributed by atoms with Crippen LogP contribution in [0.15, 0.2) is 134 Å². The molecule has 2 aromatic heterocycles. The highest BCUT2D eigenvalue weighted by Crippen LogP contribution is 2.32. The monoisotopic (exact) mass is 568 g/mol. The highest BCUT2D eigenvalue weighted by Gasteiger charge is 2.13. The Hall–Kier alpha value is -5.62. The van der Waals surface area contributed by atoms with E-state index < -0.39 is 0 Å². The van der Waals surface area contributed by atoms with Gasteiger partial charge in [-0.2, -0.15) is 0 Å². The van der Waals surface area contributed by atoms with E-state index >= 15 is 0 Å². The van der Waals surface area contributed by atoms with Gasteiger partial charge in [0, 0.05) is 23.1 Å². The molecule has 5 aromatic carbocycles. The van der Waals surface area contributed by atoms with Crippen molar-refractivity contribution in [2.24, 2.45) is 0 Å². The van der Waals surface area contributed by atoms with Crippen molar-refractivity contribution in [1.29, 1.82) is 0 Å². The molecule has 2 heterocycles. The number of hydrogen-bond acceptors (Lipinski definition) is 6. The zero-order valence-electron chi connectivity index (χ0n) is 23.9. The summed E-state index contributed by atoms with van der Waals surface area (Å²) in [5.74, 6) is 2.39. The Morgan fingerprint density at radius 3 is 2.12 bits per heavy atom. The number of methoxy groups -OCH3 is 2. The van der Waals surface area contributed by atoms with Gasteiger partial charge in [0.25, 0.3) is 0 Å². The molecule has 0 atom stereocenters. The minimum atomic E-state index is -0.113. The van der Waals surface area contributed by atoms with Crippen molar-refractivity contribution >= 4 is 32.7 Å². The third-order valence-corrected chi connectivity index (χ3v) is 7.23. The average Bonchev–Trinajstić information content (AvgIpc) is 3.05. The van der Waals surface area contributed by atoms with Crippen LogP contribution in [-0.2, 0) is 0 Å². The molecule has 212 valence electrons. The second-order valence-corrected chi connectivity index (χ2v) is 10.0. The third-order valence-electron chi connectivity index (χ3n) is 7.23. The lowest BCUT2D eigenvalue weighted by Crippen LogP contribution is -2.01. The lowest BCUT2D eigenvalue weighted by Gasteiger charge is -2.09. The van der Waals surface area contributed by atoms with E-state index in [0.717, 1.165) is 27.5 Å². The Morgan fingerprint density at radius 2 is 1.33 bits per heavy atom. The summed E-state index contributed by atoms with van der Waals surface area (Å²) in [6, 6.07) is 35.4. The van der Waals surface area contributed by atoms with E-state index in [1.165, 1.54) is 6.07 Å². The van der Waals surface area contributed by atoms with Crippen molar-refractivity contribution in [1.82, 2.24) is 0 Å². The summed E-state index contributed by atoms with van der Waals surface area (Å²) in [7, 11) is 3.16. The normalized spacial score (nSPS) is 10.9. The van der Waals surface area contributed by atoms with Crippen LogP contribution >= 0.6 is 0 Å². The molecular weight excluding hydrogens is 540 g/mol. The van der Waals surface area contributed by atoms with Gasteiger partial charge in [0.15, 0.2) is 10.9 Å². The number of benzene rings is 5. The molecule has 7 aromatic rings. The molecule has 0 spiro atoms. The van der Waals surface area contributed by atoms with Gasteiger partial charge in [-0.05, 0) is 54.3 Å². The van der Waals surface area contributed by atoms with E-state index in [1.807, 2.05) is 91.9 Å². The van der Waals surface area contributed by atoms with Crippen molar-refractivity contribution in [2.45, 2.75) is 6.92 Å². The SMILES string of the molecule is COc1ccc2oc(-c3ccc(C)cc3OC)cc(=O)c2c1.O=c1cc(-c2ccccc2)oc2c1ccc1ccccc12. The summed E-state index contributed by atoms with van der Waals surface area (Å²) >= 11 is 0. The summed E-state index contributed by atoms with van der Waals surface area (Å²) in [6.45, 7) is 1.98. The van der Waals surface area contributed by atoms with E-state index in [4.69, 9.17) is 18.3 Å². The van der Waals surface area contributed by atoms with Gasteiger partial charge in [0.1, 0.15) is 34.2 Å². The predicted octanol–water partition coefficient (Wildman–Crippen LogP) is 8.40. The average molecular weight is 569 g/mol. The van der Waals surface area contributed by atoms with Crippen LogP contribution in [0.5, 0.6) is 11.5 Å². The fourth-order valence-corrected chi connectivity index (χ4v) is 5.03. The van der Waals surface area contributed by atoms with Crippen molar-refractivity contribution < 1.29 is 18.3 Å². The highest BCUT2D eigenvalue weighted by atomic mass is 16.5. The molecule has 7 rings (SSSR count). The molecule has 6 nitrogen and oxygen atoms in total. The molecule has 0 aliphatic rings. The molecule has 6 heteroatoms. The molecule has 0 aliphatic carbocycles. The summed E-state index contributed by atoms with van der Waals surface area (Å²) in [4.78, 5) is 24.7. The van der Waals surface area contributed by atoms with Crippen LogP contribution in [0.2, 0.25) is 0 Å². The first kappa shape index (κ1) is 27.5. The van der Waals surface area contributed by atoms with E-state index in [1.54, 1.807) is 38.5 Å². The lowest BCUT2D eigenvalue weighted by atomic mass is 10.1. The van der Waals surface area contributed by atoms with Crippen molar-refractivity contribution in [3.8, 4) is 34.1 Å². The van der Waals surface area contributed by atoms with Crippen molar-refractivity contribution in [2.75, 3.05) is 14.2 Å². The predicted molar refractivity (Wildman–Crippen MR) is 171 cm³/mol. The molecule has 0 N–H and O–H groups in total. The molecule has 0 saturated carbocycles. The first-order valence-electron chi connectivity index (χ1n) is 13.7. The number of aryl methyl sites for hydroxylation is 1. The summed E-state index contributed by atoms with van der Waals surface area (Å²) < 4.78 is 22.4. The second kappa shape index (κ2) is 11.7. The van der Waals surface area contributed by atoms with Crippen LogP contribution in [-0.4, -0.2) is 14.2 Å². The third kappa shape index (κ3) is 5.51. The Bertz CT molecular complexity index is 2210. The van der Waals surface area contributed by atoms with Gasteiger partial charge in [-0.1, -0.05) is 66.7 Å². The molecular formula is C37H28O6. The maximum atomic E-state index is 12.4. The van der Waals surface area contributed by atoms with E-state index in [-0.39, 0.29) is 10.9 Å². The van der Waals surface area contributed by atoms with Crippen molar-refractivity contribution in [3.05, 3.63) is 141 Å². The van der Waals surface area contributed by atoms with Crippen LogP contribution in [0, 0.1) is 6.92 Å². The molecule has 0 unspecified atom stereocenters. The van der Waals surface area contributed by atoms with Crippen LogP contribution in [0.4, 0.5) is 0 Å². The molecule has 0 fully saturated rings. The first-order valence-corrected chi connectivity index (χ1v) is 13.7. The van der Waals surface area contributed by atoms with Gasteiger partial charge in [-0.3, -0.25) is 9.59 Å². The van der Waals surface area contributed by atoms with E-state index in [2.05, 4.69) is 0 Å². The lowest BCUT2D eigenvalue weighted by molar-refractivity contribution is 0.414. The van der Waals surface area contributed by atoms with Crippen LogP contribution in [0.1, 0.15) is 5.56 Å². The highest BCUT2D eigenvalue weighted by molar-refractivity contribution is 6.04. The van der Waals surface area contributed by atoms with Crippen molar-refractivity contribution in [3.63, 3.8) is 0 Å².